The second-order valence-corrected chi connectivity index (χ2v) is 1.67. The molecule has 0 aromatic heterocycles. The molecule has 2 rings (SSSR count). The lowest BCUT2D eigenvalue weighted by Crippen LogP contribution is -1.20. The second-order valence-electron chi connectivity index (χ2n) is 1.67. The lowest BCUT2D eigenvalue weighted by Gasteiger charge is -1.24. The Balaban J connectivity index is -0.0000000687. The third kappa shape index (κ3) is 100. The minimum absolute atomic E-state index is 0. The third-order valence-electron chi connectivity index (χ3n) is 0.558. The van der Waals surface area contributed by atoms with Gasteiger partial charge in [-0.05, 0) is 0 Å². The van der Waals surface area contributed by atoms with Gasteiger partial charge in [0, 0.05) is 0 Å². The molecule has 0 aromatic rings. The molecule has 1 nitrogen and oxygen atoms in total. The van der Waals surface area contributed by atoms with Crippen LogP contribution in [-0.4, -0.2) is 13.2 Å². The molecule has 0 unspecified atom stereocenters. The molecule has 0 N–H and O–H groups in total. The van der Waals surface area contributed by atoms with Crippen LogP contribution in [0.2, 0.25) is 0 Å². The van der Waals surface area contributed by atoms with E-state index < -0.39 is 0 Å². The Hall–Kier alpha value is -0.0400. The fourth-order valence-corrected chi connectivity index (χ4v) is 0. The summed E-state index contributed by atoms with van der Waals surface area (Å²) in [6.07, 6.45) is 4.50. The zero-order valence-electron chi connectivity index (χ0n) is 5.94. The molecule has 0 bridgehead atoms. The molecule has 0 spiro atoms. The molecule has 1 saturated heterocycles. The Morgan fingerprint density at radius 1 is 0.800 bits per heavy atom. The molecule has 0 radical (unpaired) electrons. The van der Waals surface area contributed by atoms with Gasteiger partial charge in [-0.1, -0.05) is 48.0 Å². The molecular weight excluding hydrogens is 124 g/mol. The summed E-state index contributed by atoms with van der Waals surface area (Å²) >= 11 is 0. The Labute approximate surface area is 66.8 Å². The smallest absolute Gasteiger partial charge is 0.0701 e. The van der Waals surface area contributed by atoms with Crippen molar-refractivity contribution in [3.8, 4) is 0 Å². The van der Waals surface area contributed by atoms with Crippen LogP contribution in [0.15, 0.2) is 0 Å². The first kappa shape index (κ1) is 16.5. The molecule has 10 heavy (non-hydrogen) atoms. The summed E-state index contributed by atoms with van der Waals surface area (Å²) in [7, 11) is 0. The highest BCUT2D eigenvalue weighted by molar-refractivity contribution is 4.50. The van der Waals surface area contributed by atoms with Gasteiger partial charge in [-0.15, -0.1) is 0 Å². The van der Waals surface area contributed by atoms with Gasteiger partial charge in [-0.3, -0.25) is 0 Å². The monoisotopic (exact) mass is 148 g/mol. The van der Waals surface area contributed by atoms with Crippen LogP contribution in [-0.2, 0) is 4.74 Å². The van der Waals surface area contributed by atoms with Crippen molar-refractivity contribution in [2.45, 2.75) is 48.0 Å². The molecule has 1 heteroatoms. The molecule has 66 valence electrons. The summed E-state index contributed by atoms with van der Waals surface area (Å²) in [5, 5.41) is 0. The van der Waals surface area contributed by atoms with Crippen molar-refractivity contribution in [1.82, 2.24) is 0 Å². The van der Waals surface area contributed by atoms with E-state index in [9.17, 15) is 0 Å². The van der Waals surface area contributed by atoms with Gasteiger partial charge in [0.15, 0.2) is 0 Å². The van der Waals surface area contributed by atoms with Crippen LogP contribution in [0.25, 0.3) is 0 Å². The maximum absolute atomic E-state index is 4.50. The van der Waals surface area contributed by atoms with Gasteiger partial charge in [-0.2, -0.15) is 0 Å². The van der Waals surface area contributed by atoms with Crippen molar-refractivity contribution in [3.63, 3.8) is 0 Å². The Bertz CT molecular complexity index is 20.2. The largest absolute Gasteiger partial charge is 0.377 e. The van der Waals surface area contributed by atoms with E-state index in [1.54, 1.807) is 0 Å². The predicted molar refractivity (Wildman–Crippen MR) is 49.5 cm³/mol. The van der Waals surface area contributed by atoms with Crippen LogP contribution in [0.4, 0.5) is 0 Å². The number of hydrogen-bond acceptors (Lipinski definition) is 1. The van der Waals surface area contributed by atoms with E-state index in [1.807, 2.05) is 13.8 Å². The molecule has 1 aliphatic carbocycles. The van der Waals surface area contributed by atoms with Gasteiger partial charge in [-0.25, -0.2) is 0 Å². The zero-order valence-corrected chi connectivity index (χ0v) is 5.94. The van der Waals surface area contributed by atoms with E-state index in [-0.39, 0.29) is 14.9 Å². The summed E-state index contributed by atoms with van der Waals surface area (Å²) in [5.41, 5.74) is 0. The SMILES string of the molecule is C.C.C1CC1.C1CO1.CC. The Kier molecular flexibility index (Phi) is 26.4. The van der Waals surface area contributed by atoms with Gasteiger partial charge in [0.25, 0.3) is 0 Å². The van der Waals surface area contributed by atoms with Gasteiger partial charge < -0.3 is 4.74 Å². The maximum Gasteiger partial charge on any atom is 0.0701 e. The second kappa shape index (κ2) is 16.0. The van der Waals surface area contributed by atoms with Gasteiger partial charge >= 0.3 is 0 Å². The highest BCUT2D eigenvalue weighted by Gasteiger charge is 1.95. The molecule has 2 fully saturated rings. The standard InChI is InChI=1S/C3H6.C2H4O.C2H6.2CH4/c2*1-2-3-1;1-2;;/h1-3H2;1-2H2;1-2H3;2*1H4. The van der Waals surface area contributed by atoms with Crippen molar-refractivity contribution in [2.75, 3.05) is 13.2 Å². The average Bonchev–Trinajstić information content (AvgIpc) is 2.67. The fraction of sp³-hybridized carbons (Fsp3) is 1.00. The van der Waals surface area contributed by atoms with Crippen LogP contribution in [0.3, 0.4) is 0 Å². The number of rotatable bonds is 0. The number of epoxide rings is 1. The topological polar surface area (TPSA) is 12.5 Å². The van der Waals surface area contributed by atoms with Crippen molar-refractivity contribution in [1.29, 1.82) is 0 Å². The highest BCUT2D eigenvalue weighted by Crippen LogP contribution is 2.14. The van der Waals surface area contributed by atoms with E-state index >= 15 is 0 Å². The lowest BCUT2D eigenvalue weighted by molar-refractivity contribution is 0.475. The van der Waals surface area contributed by atoms with Crippen LogP contribution in [0, 0.1) is 0 Å². The highest BCUT2D eigenvalue weighted by atomic mass is 16.6. The molecule has 1 aliphatic heterocycles. The summed E-state index contributed by atoms with van der Waals surface area (Å²) in [6.45, 7) is 6.00. The molecule has 0 amide bonds. The predicted octanol–water partition coefficient (Wildman–Crippen LogP) is 3.49. The third-order valence-corrected chi connectivity index (χ3v) is 0.558. The zero-order chi connectivity index (χ0) is 6.24. The van der Waals surface area contributed by atoms with Crippen molar-refractivity contribution >= 4 is 0 Å². The van der Waals surface area contributed by atoms with E-state index in [2.05, 4.69) is 4.74 Å². The summed E-state index contributed by atoms with van der Waals surface area (Å²) < 4.78 is 4.50. The van der Waals surface area contributed by atoms with E-state index in [1.165, 1.54) is 19.3 Å². The number of hydrogen-bond donors (Lipinski definition) is 0. The quantitative estimate of drug-likeness (QED) is 0.479. The van der Waals surface area contributed by atoms with Crippen LogP contribution < -0.4 is 0 Å². The van der Waals surface area contributed by atoms with Gasteiger partial charge in [0.1, 0.15) is 0 Å². The van der Waals surface area contributed by atoms with Crippen molar-refractivity contribution in [2.24, 2.45) is 0 Å². The van der Waals surface area contributed by atoms with Crippen LogP contribution in [0.1, 0.15) is 48.0 Å². The summed E-state index contributed by atoms with van der Waals surface area (Å²) in [4.78, 5) is 0. The lowest BCUT2D eigenvalue weighted by atomic mass is 11.0. The average molecular weight is 148 g/mol. The first-order chi connectivity index (χ1) is 4.00. The number of ether oxygens (including phenoxy) is 1. The minimum atomic E-state index is 0. The molecule has 1 saturated carbocycles. The molecule has 1 heterocycles. The summed E-state index contributed by atoms with van der Waals surface area (Å²) in [6, 6.07) is 0. The fourth-order valence-electron chi connectivity index (χ4n) is 0. The van der Waals surface area contributed by atoms with Gasteiger partial charge in [0.05, 0.1) is 13.2 Å². The van der Waals surface area contributed by atoms with Crippen LogP contribution in [0.5, 0.6) is 0 Å². The first-order valence-corrected chi connectivity index (χ1v) is 3.58. The minimum Gasteiger partial charge on any atom is -0.377 e. The van der Waals surface area contributed by atoms with E-state index in [0.717, 1.165) is 13.2 Å². The maximum atomic E-state index is 4.50. The van der Waals surface area contributed by atoms with Crippen LogP contribution >= 0.6 is 0 Å². The van der Waals surface area contributed by atoms with E-state index in [4.69, 9.17) is 0 Å². The Morgan fingerprint density at radius 3 is 1.00 bits per heavy atom. The normalized spacial score (nSPS) is 15.0. The molecule has 0 atom stereocenters. The Morgan fingerprint density at radius 2 is 1.00 bits per heavy atom. The van der Waals surface area contributed by atoms with Crippen molar-refractivity contribution < 1.29 is 4.74 Å². The molecule has 2 aliphatic rings. The van der Waals surface area contributed by atoms with Gasteiger partial charge in [0.2, 0.25) is 0 Å². The molecular formula is C9H24O. The first-order valence-electron chi connectivity index (χ1n) is 3.58. The molecule has 0 aromatic carbocycles. The summed E-state index contributed by atoms with van der Waals surface area (Å²) in [5.74, 6) is 0. The van der Waals surface area contributed by atoms with Crippen molar-refractivity contribution in [3.05, 3.63) is 0 Å². The van der Waals surface area contributed by atoms with E-state index in [0.29, 0.717) is 0 Å².